The molecular weight excluding hydrogens is 324 g/mol. The Bertz CT molecular complexity index is 637. The van der Waals surface area contributed by atoms with Crippen LogP contribution in [0, 0.1) is 5.92 Å². The molecule has 6 nitrogen and oxygen atoms in total. The van der Waals surface area contributed by atoms with E-state index in [9.17, 15) is 9.59 Å². The molecule has 1 aromatic rings. The van der Waals surface area contributed by atoms with Gasteiger partial charge in [0.05, 0.1) is 33.4 Å². The van der Waals surface area contributed by atoms with E-state index in [2.05, 4.69) is 0 Å². The van der Waals surface area contributed by atoms with Gasteiger partial charge in [0.2, 0.25) is 0 Å². The van der Waals surface area contributed by atoms with Crippen LogP contribution in [0.1, 0.15) is 24.8 Å². The minimum Gasteiger partial charge on any atom is -0.493 e. The number of hydrogen-bond acceptors (Lipinski definition) is 6. The zero-order valence-corrected chi connectivity index (χ0v) is 14.8. The summed E-state index contributed by atoms with van der Waals surface area (Å²) in [7, 11) is 4.51. The summed E-state index contributed by atoms with van der Waals surface area (Å²) in [6, 6.07) is 5.43. The van der Waals surface area contributed by atoms with E-state index in [1.54, 1.807) is 32.4 Å². The average Bonchev–Trinajstić information content (AvgIpc) is 2.65. The topological polar surface area (TPSA) is 71.1 Å². The quantitative estimate of drug-likeness (QED) is 0.557. The zero-order chi connectivity index (χ0) is 18.2. The van der Waals surface area contributed by atoms with Gasteiger partial charge in [0.25, 0.3) is 0 Å². The summed E-state index contributed by atoms with van der Waals surface area (Å²) >= 11 is 0. The van der Waals surface area contributed by atoms with Gasteiger partial charge >= 0.3 is 5.97 Å². The SMILES string of the molecule is COC(=O)C1CCOC(CC(=O)/C=C/c2ccc(OC)c(OC)c2)C1. The fourth-order valence-electron chi connectivity index (χ4n) is 2.84. The van der Waals surface area contributed by atoms with Crippen LogP contribution in [0.25, 0.3) is 6.08 Å². The summed E-state index contributed by atoms with van der Waals surface area (Å²) in [5, 5.41) is 0. The minimum absolute atomic E-state index is 0.0506. The van der Waals surface area contributed by atoms with E-state index in [0.29, 0.717) is 30.9 Å². The summed E-state index contributed by atoms with van der Waals surface area (Å²) in [4.78, 5) is 23.8. The van der Waals surface area contributed by atoms with Gasteiger partial charge in [0, 0.05) is 13.0 Å². The summed E-state index contributed by atoms with van der Waals surface area (Å²) in [5.41, 5.74) is 0.836. The second-order valence-electron chi connectivity index (χ2n) is 5.86. The number of ether oxygens (including phenoxy) is 4. The Morgan fingerprint density at radius 3 is 2.64 bits per heavy atom. The van der Waals surface area contributed by atoms with E-state index in [-0.39, 0.29) is 30.2 Å². The lowest BCUT2D eigenvalue weighted by Gasteiger charge is -2.27. The van der Waals surface area contributed by atoms with E-state index >= 15 is 0 Å². The van der Waals surface area contributed by atoms with Crippen LogP contribution in [0.15, 0.2) is 24.3 Å². The highest BCUT2D eigenvalue weighted by Gasteiger charge is 2.29. The summed E-state index contributed by atoms with van der Waals surface area (Å²) < 4.78 is 20.8. The molecule has 1 saturated heterocycles. The molecule has 2 unspecified atom stereocenters. The molecule has 0 N–H and O–H groups in total. The lowest BCUT2D eigenvalue weighted by Crippen LogP contribution is -2.32. The van der Waals surface area contributed by atoms with E-state index in [1.807, 2.05) is 6.07 Å². The van der Waals surface area contributed by atoms with E-state index in [0.717, 1.165) is 5.56 Å². The number of carbonyl (C=O) groups excluding carboxylic acids is 2. The number of methoxy groups -OCH3 is 3. The maximum atomic E-state index is 12.2. The Hall–Kier alpha value is -2.34. The summed E-state index contributed by atoms with van der Waals surface area (Å²) in [6.07, 6.45) is 4.40. The third-order valence-corrected chi connectivity index (χ3v) is 4.20. The van der Waals surface area contributed by atoms with Crippen molar-refractivity contribution in [2.45, 2.75) is 25.4 Å². The number of ketones is 1. The van der Waals surface area contributed by atoms with E-state index < -0.39 is 0 Å². The van der Waals surface area contributed by atoms with Crippen molar-refractivity contribution in [2.24, 2.45) is 5.92 Å². The fraction of sp³-hybridized carbons (Fsp3) is 0.474. The molecule has 1 aliphatic rings. The third kappa shape index (κ3) is 5.32. The maximum Gasteiger partial charge on any atom is 0.308 e. The standard InChI is InChI=1S/C19H24O6/c1-22-17-7-5-13(10-18(17)23-2)4-6-15(20)12-16-11-14(8-9-25-16)19(21)24-3/h4-7,10,14,16H,8-9,11-12H2,1-3H3/b6-4+. The van der Waals surface area contributed by atoms with Crippen LogP contribution in [-0.2, 0) is 19.1 Å². The predicted molar refractivity (Wildman–Crippen MR) is 92.7 cm³/mol. The van der Waals surface area contributed by atoms with Gasteiger partial charge in [0.1, 0.15) is 0 Å². The smallest absolute Gasteiger partial charge is 0.308 e. The fourth-order valence-corrected chi connectivity index (χ4v) is 2.84. The molecule has 0 bridgehead atoms. The van der Waals surface area contributed by atoms with Crippen LogP contribution in [0.2, 0.25) is 0 Å². The first-order chi connectivity index (χ1) is 12.1. The number of carbonyl (C=O) groups is 2. The van der Waals surface area contributed by atoms with Crippen LogP contribution in [0.5, 0.6) is 11.5 Å². The molecule has 1 aliphatic heterocycles. The molecule has 0 saturated carbocycles. The van der Waals surface area contributed by atoms with Crippen molar-refractivity contribution in [1.29, 1.82) is 0 Å². The normalized spacial score (nSPS) is 20.3. The molecule has 6 heteroatoms. The summed E-state index contributed by atoms with van der Waals surface area (Å²) in [6.45, 7) is 0.469. The summed E-state index contributed by atoms with van der Waals surface area (Å²) in [5.74, 6) is 0.766. The number of allylic oxidation sites excluding steroid dienone is 1. The lowest BCUT2D eigenvalue weighted by atomic mass is 9.93. The van der Waals surface area contributed by atoms with Gasteiger partial charge in [-0.1, -0.05) is 12.1 Å². The highest BCUT2D eigenvalue weighted by molar-refractivity contribution is 5.94. The Morgan fingerprint density at radius 1 is 1.20 bits per heavy atom. The Kier molecular flexibility index (Phi) is 7.01. The molecular formula is C19H24O6. The first-order valence-corrected chi connectivity index (χ1v) is 8.19. The molecule has 0 amide bonds. The van der Waals surface area contributed by atoms with Crippen molar-refractivity contribution in [3.8, 4) is 11.5 Å². The van der Waals surface area contributed by atoms with Gasteiger partial charge in [-0.2, -0.15) is 0 Å². The largest absolute Gasteiger partial charge is 0.493 e. The molecule has 2 atom stereocenters. The highest BCUT2D eigenvalue weighted by Crippen LogP contribution is 2.28. The van der Waals surface area contributed by atoms with Crippen LogP contribution < -0.4 is 9.47 Å². The zero-order valence-electron chi connectivity index (χ0n) is 14.8. The molecule has 0 aliphatic carbocycles. The Balaban J connectivity index is 1.93. The van der Waals surface area contributed by atoms with Crippen LogP contribution in [0.4, 0.5) is 0 Å². The number of benzene rings is 1. The van der Waals surface area contributed by atoms with Gasteiger partial charge in [0.15, 0.2) is 17.3 Å². The van der Waals surface area contributed by atoms with Crippen molar-refractivity contribution in [1.82, 2.24) is 0 Å². The molecule has 25 heavy (non-hydrogen) atoms. The number of rotatable bonds is 7. The van der Waals surface area contributed by atoms with Crippen molar-refractivity contribution in [3.63, 3.8) is 0 Å². The van der Waals surface area contributed by atoms with Crippen LogP contribution >= 0.6 is 0 Å². The maximum absolute atomic E-state index is 12.2. The molecule has 0 spiro atoms. The van der Waals surface area contributed by atoms with Crippen molar-refractivity contribution in [2.75, 3.05) is 27.9 Å². The van der Waals surface area contributed by atoms with Crippen molar-refractivity contribution in [3.05, 3.63) is 29.8 Å². The van der Waals surface area contributed by atoms with Crippen LogP contribution in [0.3, 0.4) is 0 Å². The predicted octanol–water partition coefficient (Wildman–Crippen LogP) is 2.64. The molecule has 2 rings (SSSR count). The van der Waals surface area contributed by atoms with E-state index in [1.165, 1.54) is 13.2 Å². The van der Waals surface area contributed by atoms with Crippen molar-refractivity contribution >= 4 is 17.8 Å². The molecule has 1 aromatic carbocycles. The van der Waals surface area contributed by atoms with Gasteiger partial charge in [-0.15, -0.1) is 0 Å². The third-order valence-electron chi connectivity index (χ3n) is 4.20. The molecule has 0 aromatic heterocycles. The molecule has 1 fully saturated rings. The van der Waals surface area contributed by atoms with Crippen LogP contribution in [-0.4, -0.2) is 45.8 Å². The second kappa shape index (κ2) is 9.22. The van der Waals surface area contributed by atoms with Gasteiger partial charge in [-0.05, 0) is 36.6 Å². The first-order valence-electron chi connectivity index (χ1n) is 8.19. The highest BCUT2D eigenvalue weighted by atomic mass is 16.5. The van der Waals surface area contributed by atoms with Gasteiger partial charge in [-0.25, -0.2) is 0 Å². The van der Waals surface area contributed by atoms with Gasteiger partial charge in [-0.3, -0.25) is 9.59 Å². The van der Waals surface area contributed by atoms with E-state index in [4.69, 9.17) is 18.9 Å². The number of esters is 1. The molecule has 1 heterocycles. The number of hydrogen-bond donors (Lipinski definition) is 0. The lowest BCUT2D eigenvalue weighted by molar-refractivity contribution is -0.151. The average molecular weight is 348 g/mol. The Labute approximate surface area is 147 Å². The minimum atomic E-state index is -0.250. The molecule has 0 radical (unpaired) electrons. The Morgan fingerprint density at radius 2 is 1.96 bits per heavy atom. The molecule has 136 valence electrons. The van der Waals surface area contributed by atoms with Gasteiger partial charge < -0.3 is 18.9 Å². The monoisotopic (exact) mass is 348 g/mol. The first kappa shape index (κ1) is 19.0. The van der Waals surface area contributed by atoms with Crippen molar-refractivity contribution < 1.29 is 28.5 Å². The second-order valence-corrected chi connectivity index (χ2v) is 5.86.